The topological polar surface area (TPSA) is 23.5 Å². The Morgan fingerprint density at radius 2 is 1.72 bits per heavy atom. The van der Waals surface area contributed by atoms with Crippen LogP contribution < -0.4 is 0 Å². The average molecular weight is 241 g/mol. The molecule has 0 bridgehead atoms. The molecule has 0 saturated carbocycles. The highest BCUT2D eigenvalue weighted by Gasteiger charge is 2.06. The van der Waals surface area contributed by atoms with Crippen LogP contribution in [-0.2, 0) is 13.1 Å². The molecule has 0 amide bonds. The minimum Gasteiger partial charge on any atom is -0.508 e. The number of aryl methyl sites for hydroxylation is 1. The van der Waals surface area contributed by atoms with Crippen LogP contribution in [0.5, 0.6) is 5.75 Å². The van der Waals surface area contributed by atoms with E-state index in [1.54, 1.807) is 6.07 Å². The summed E-state index contributed by atoms with van der Waals surface area (Å²) >= 11 is 0. The van der Waals surface area contributed by atoms with E-state index in [1.165, 1.54) is 11.1 Å². The number of aromatic hydroxyl groups is 1. The third kappa shape index (κ3) is 3.34. The van der Waals surface area contributed by atoms with Crippen LogP contribution in [0.3, 0.4) is 0 Å². The zero-order valence-corrected chi connectivity index (χ0v) is 10.9. The van der Waals surface area contributed by atoms with Gasteiger partial charge in [0.25, 0.3) is 0 Å². The lowest BCUT2D eigenvalue weighted by atomic mass is 10.1. The van der Waals surface area contributed by atoms with Gasteiger partial charge in [0.05, 0.1) is 0 Å². The molecule has 0 fully saturated rings. The molecule has 0 aromatic heterocycles. The monoisotopic (exact) mass is 241 g/mol. The van der Waals surface area contributed by atoms with Crippen LogP contribution >= 0.6 is 0 Å². The maximum Gasteiger partial charge on any atom is 0.120 e. The summed E-state index contributed by atoms with van der Waals surface area (Å²) in [6.45, 7) is 3.68. The molecule has 0 atom stereocenters. The highest BCUT2D eigenvalue weighted by Crippen LogP contribution is 2.20. The van der Waals surface area contributed by atoms with Gasteiger partial charge < -0.3 is 5.11 Å². The fourth-order valence-electron chi connectivity index (χ4n) is 2.08. The number of nitrogens with zero attached hydrogens (tertiary/aromatic N) is 1. The summed E-state index contributed by atoms with van der Waals surface area (Å²) in [4.78, 5) is 2.20. The summed E-state index contributed by atoms with van der Waals surface area (Å²) < 4.78 is 0. The van der Waals surface area contributed by atoms with Gasteiger partial charge in [-0.3, -0.25) is 4.90 Å². The Labute approximate surface area is 109 Å². The Morgan fingerprint density at radius 1 is 1.00 bits per heavy atom. The van der Waals surface area contributed by atoms with Crippen LogP contribution in [0.2, 0.25) is 0 Å². The van der Waals surface area contributed by atoms with Crippen molar-refractivity contribution in [3.63, 3.8) is 0 Å². The van der Waals surface area contributed by atoms with E-state index in [2.05, 4.69) is 24.1 Å². The molecule has 0 heterocycles. The minimum atomic E-state index is 0.375. The maximum atomic E-state index is 9.82. The first-order valence-electron chi connectivity index (χ1n) is 6.16. The summed E-state index contributed by atoms with van der Waals surface area (Å²) in [5, 5.41) is 9.82. The molecule has 1 N–H and O–H groups in total. The van der Waals surface area contributed by atoms with Gasteiger partial charge >= 0.3 is 0 Å². The van der Waals surface area contributed by atoms with Crippen molar-refractivity contribution in [1.82, 2.24) is 4.90 Å². The van der Waals surface area contributed by atoms with E-state index >= 15 is 0 Å². The van der Waals surface area contributed by atoms with Crippen LogP contribution in [0, 0.1) is 6.92 Å². The molecule has 18 heavy (non-hydrogen) atoms. The largest absolute Gasteiger partial charge is 0.508 e. The molecule has 0 saturated heterocycles. The van der Waals surface area contributed by atoms with Crippen LogP contribution in [0.4, 0.5) is 0 Å². The Bertz CT molecular complexity index is 508. The van der Waals surface area contributed by atoms with Crippen LogP contribution in [0.1, 0.15) is 16.7 Å². The van der Waals surface area contributed by atoms with Crippen molar-refractivity contribution in [1.29, 1.82) is 0 Å². The van der Waals surface area contributed by atoms with Crippen molar-refractivity contribution in [2.45, 2.75) is 20.0 Å². The van der Waals surface area contributed by atoms with E-state index in [4.69, 9.17) is 0 Å². The highest BCUT2D eigenvalue weighted by atomic mass is 16.3. The summed E-state index contributed by atoms with van der Waals surface area (Å²) in [5.74, 6) is 0.375. The lowest BCUT2D eigenvalue weighted by molar-refractivity contribution is 0.312. The first-order chi connectivity index (χ1) is 8.65. The fraction of sp³-hybridized carbons (Fsp3) is 0.250. The maximum absolute atomic E-state index is 9.82. The van der Waals surface area contributed by atoms with Gasteiger partial charge in [0.2, 0.25) is 0 Å². The summed E-state index contributed by atoms with van der Waals surface area (Å²) in [7, 11) is 2.06. The number of phenols is 1. The number of phenolic OH excluding ortho intramolecular Hbond substituents is 1. The van der Waals surface area contributed by atoms with Gasteiger partial charge in [0, 0.05) is 18.7 Å². The van der Waals surface area contributed by atoms with Crippen molar-refractivity contribution < 1.29 is 5.11 Å². The minimum absolute atomic E-state index is 0.375. The van der Waals surface area contributed by atoms with E-state index in [1.807, 2.05) is 37.3 Å². The van der Waals surface area contributed by atoms with E-state index < -0.39 is 0 Å². The molecule has 0 unspecified atom stereocenters. The second-order valence-electron chi connectivity index (χ2n) is 4.79. The van der Waals surface area contributed by atoms with Gasteiger partial charge in [-0.15, -0.1) is 0 Å². The predicted octanol–water partition coefficient (Wildman–Crippen LogP) is 3.33. The Hall–Kier alpha value is -1.80. The molecule has 0 aliphatic carbocycles. The van der Waals surface area contributed by atoms with E-state index in [0.717, 1.165) is 18.7 Å². The van der Waals surface area contributed by atoms with Gasteiger partial charge in [-0.2, -0.15) is 0 Å². The SMILES string of the molecule is Cc1ccc(O)c(CN(C)Cc2ccccc2)c1. The molecule has 2 aromatic rings. The number of hydrogen-bond donors (Lipinski definition) is 1. The molecule has 0 aliphatic heterocycles. The van der Waals surface area contributed by atoms with E-state index in [-0.39, 0.29) is 0 Å². The first kappa shape index (κ1) is 12.7. The normalized spacial score (nSPS) is 10.8. The van der Waals surface area contributed by atoms with Crippen LogP contribution in [-0.4, -0.2) is 17.1 Å². The molecular formula is C16H19NO. The van der Waals surface area contributed by atoms with Gasteiger partial charge in [-0.05, 0) is 25.6 Å². The molecule has 2 heteroatoms. The standard InChI is InChI=1S/C16H19NO/c1-13-8-9-16(18)15(10-13)12-17(2)11-14-6-4-3-5-7-14/h3-10,18H,11-12H2,1-2H3. The molecular weight excluding hydrogens is 222 g/mol. The second kappa shape index (κ2) is 5.69. The van der Waals surface area contributed by atoms with Crippen molar-refractivity contribution in [2.75, 3.05) is 7.05 Å². The molecule has 2 nitrogen and oxygen atoms in total. The van der Waals surface area contributed by atoms with Crippen molar-refractivity contribution in [3.05, 3.63) is 65.2 Å². The Morgan fingerprint density at radius 3 is 2.44 bits per heavy atom. The van der Waals surface area contributed by atoms with Gasteiger partial charge in [0.15, 0.2) is 0 Å². The number of benzene rings is 2. The Kier molecular flexibility index (Phi) is 4.00. The van der Waals surface area contributed by atoms with Crippen molar-refractivity contribution in [3.8, 4) is 5.75 Å². The number of rotatable bonds is 4. The molecule has 0 aliphatic rings. The summed E-state index contributed by atoms with van der Waals surface area (Å²) in [6.07, 6.45) is 0. The molecule has 0 spiro atoms. The highest BCUT2D eigenvalue weighted by molar-refractivity contribution is 5.35. The Balaban J connectivity index is 2.03. The van der Waals surface area contributed by atoms with E-state index in [9.17, 15) is 5.11 Å². The second-order valence-corrected chi connectivity index (χ2v) is 4.79. The smallest absolute Gasteiger partial charge is 0.120 e. The first-order valence-corrected chi connectivity index (χ1v) is 6.16. The molecule has 2 rings (SSSR count). The zero-order chi connectivity index (χ0) is 13.0. The van der Waals surface area contributed by atoms with Crippen LogP contribution in [0.15, 0.2) is 48.5 Å². The number of hydrogen-bond acceptors (Lipinski definition) is 2. The molecule has 0 radical (unpaired) electrons. The third-order valence-electron chi connectivity index (χ3n) is 2.97. The molecule has 2 aromatic carbocycles. The quantitative estimate of drug-likeness (QED) is 0.887. The van der Waals surface area contributed by atoms with Crippen molar-refractivity contribution >= 4 is 0 Å². The van der Waals surface area contributed by atoms with Crippen LogP contribution in [0.25, 0.3) is 0 Å². The lowest BCUT2D eigenvalue weighted by Gasteiger charge is -2.17. The fourth-order valence-corrected chi connectivity index (χ4v) is 2.08. The van der Waals surface area contributed by atoms with Gasteiger partial charge in [-0.1, -0.05) is 48.0 Å². The lowest BCUT2D eigenvalue weighted by Crippen LogP contribution is -2.17. The third-order valence-corrected chi connectivity index (χ3v) is 2.97. The van der Waals surface area contributed by atoms with Gasteiger partial charge in [-0.25, -0.2) is 0 Å². The average Bonchev–Trinajstić information content (AvgIpc) is 2.35. The van der Waals surface area contributed by atoms with Crippen molar-refractivity contribution in [2.24, 2.45) is 0 Å². The molecule has 94 valence electrons. The predicted molar refractivity (Wildman–Crippen MR) is 74.5 cm³/mol. The van der Waals surface area contributed by atoms with E-state index in [0.29, 0.717) is 5.75 Å². The summed E-state index contributed by atoms with van der Waals surface area (Å²) in [6, 6.07) is 16.1. The summed E-state index contributed by atoms with van der Waals surface area (Å²) in [5.41, 5.74) is 3.44. The van der Waals surface area contributed by atoms with Gasteiger partial charge in [0.1, 0.15) is 5.75 Å². The zero-order valence-electron chi connectivity index (χ0n) is 10.9.